The molecule has 0 bridgehead atoms. The summed E-state index contributed by atoms with van der Waals surface area (Å²) in [6.45, 7) is 15.0. The third kappa shape index (κ3) is 13.7. The van der Waals surface area contributed by atoms with E-state index in [1.54, 1.807) is 0 Å². The van der Waals surface area contributed by atoms with Gasteiger partial charge in [-0.15, -0.1) is 6.58 Å². The molecular formula is C22H36. The van der Waals surface area contributed by atoms with Gasteiger partial charge in [-0.05, 0) is 57.8 Å². The summed E-state index contributed by atoms with van der Waals surface area (Å²) in [5.41, 5.74) is 2.78. The summed E-state index contributed by atoms with van der Waals surface area (Å²) in [6.07, 6.45) is 21.3. The molecule has 0 aliphatic heterocycles. The highest BCUT2D eigenvalue weighted by molar-refractivity contribution is 5.23. The topological polar surface area (TPSA) is 0 Å². The summed E-state index contributed by atoms with van der Waals surface area (Å²) in [5.74, 6) is 1.42. The van der Waals surface area contributed by atoms with Gasteiger partial charge in [0.2, 0.25) is 0 Å². The zero-order valence-corrected chi connectivity index (χ0v) is 15.4. The highest BCUT2D eigenvalue weighted by atomic mass is 14.0. The highest BCUT2D eigenvalue weighted by Crippen LogP contribution is 2.10. The summed E-state index contributed by atoms with van der Waals surface area (Å²) < 4.78 is 0. The van der Waals surface area contributed by atoms with Gasteiger partial charge < -0.3 is 0 Å². The Morgan fingerprint density at radius 2 is 1.77 bits per heavy atom. The smallest absolute Gasteiger partial charge is 0.0138 e. The van der Waals surface area contributed by atoms with Crippen LogP contribution in [-0.2, 0) is 0 Å². The van der Waals surface area contributed by atoms with Crippen molar-refractivity contribution in [3.8, 4) is 0 Å². The highest BCUT2D eigenvalue weighted by Gasteiger charge is 1.93. The van der Waals surface area contributed by atoms with Crippen LogP contribution in [0.4, 0.5) is 0 Å². The standard InChI is InChI=1S/C22H36/c1-7-8-13-20(4)15-10-17-22(6)18-11-16-21(5)14-9-12-19(2)3/h7,10-11,14-15,17-20H,1,8-9,12-13,16H2,2-6H3/b15-10+,18-11+,21-14-,22-17+. The Labute approximate surface area is 139 Å². The van der Waals surface area contributed by atoms with E-state index in [2.05, 4.69) is 77.7 Å². The molecule has 22 heavy (non-hydrogen) atoms. The second-order valence-electron chi connectivity index (χ2n) is 6.77. The molecule has 124 valence electrons. The second kappa shape index (κ2) is 13.4. The molecule has 0 nitrogen and oxygen atoms in total. The average molecular weight is 301 g/mol. The van der Waals surface area contributed by atoms with Gasteiger partial charge in [0.05, 0.1) is 0 Å². The second-order valence-corrected chi connectivity index (χ2v) is 6.77. The minimum atomic E-state index is 0.622. The van der Waals surface area contributed by atoms with E-state index in [1.165, 1.54) is 30.4 Å². The summed E-state index contributed by atoms with van der Waals surface area (Å²) in [4.78, 5) is 0. The fourth-order valence-electron chi connectivity index (χ4n) is 2.11. The van der Waals surface area contributed by atoms with Crippen LogP contribution in [-0.4, -0.2) is 0 Å². The molecule has 0 heteroatoms. The zero-order chi connectivity index (χ0) is 16.8. The Hall–Kier alpha value is -1.30. The van der Waals surface area contributed by atoms with Crippen molar-refractivity contribution in [1.29, 1.82) is 0 Å². The van der Waals surface area contributed by atoms with E-state index < -0.39 is 0 Å². The Morgan fingerprint density at radius 1 is 1.05 bits per heavy atom. The first-order valence-electron chi connectivity index (χ1n) is 8.73. The van der Waals surface area contributed by atoms with Crippen LogP contribution in [0.5, 0.6) is 0 Å². The molecule has 0 aromatic heterocycles. The predicted molar refractivity (Wildman–Crippen MR) is 103 cm³/mol. The lowest BCUT2D eigenvalue weighted by atomic mass is 10.0. The molecule has 1 atom stereocenters. The summed E-state index contributed by atoms with van der Waals surface area (Å²) in [5, 5.41) is 0. The van der Waals surface area contributed by atoms with Gasteiger partial charge in [-0.3, -0.25) is 0 Å². The van der Waals surface area contributed by atoms with E-state index in [9.17, 15) is 0 Å². The Bertz CT molecular complexity index is 402. The van der Waals surface area contributed by atoms with Gasteiger partial charge in [-0.25, -0.2) is 0 Å². The van der Waals surface area contributed by atoms with Gasteiger partial charge in [-0.2, -0.15) is 0 Å². The van der Waals surface area contributed by atoms with Crippen molar-refractivity contribution in [1.82, 2.24) is 0 Å². The summed E-state index contributed by atoms with van der Waals surface area (Å²) in [7, 11) is 0. The molecule has 0 radical (unpaired) electrons. The van der Waals surface area contributed by atoms with E-state index >= 15 is 0 Å². The van der Waals surface area contributed by atoms with Crippen molar-refractivity contribution < 1.29 is 0 Å². The molecule has 0 saturated heterocycles. The molecular weight excluding hydrogens is 264 g/mol. The predicted octanol–water partition coefficient (Wildman–Crippen LogP) is 7.42. The van der Waals surface area contributed by atoms with Crippen molar-refractivity contribution in [3.05, 3.63) is 60.3 Å². The van der Waals surface area contributed by atoms with Crippen molar-refractivity contribution in [2.45, 2.75) is 66.7 Å². The molecule has 0 fully saturated rings. The summed E-state index contributed by atoms with van der Waals surface area (Å²) >= 11 is 0. The number of hydrogen-bond donors (Lipinski definition) is 0. The van der Waals surface area contributed by atoms with Crippen LogP contribution in [0.3, 0.4) is 0 Å². The molecule has 1 unspecified atom stereocenters. The van der Waals surface area contributed by atoms with E-state index in [0.29, 0.717) is 5.92 Å². The Kier molecular flexibility index (Phi) is 12.6. The SMILES string of the molecule is C=CCCC(C)/C=C/C=C(C)/C=C/C/C(C)=C\CCC(C)C. The molecule has 0 N–H and O–H groups in total. The van der Waals surface area contributed by atoms with Gasteiger partial charge in [0.1, 0.15) is 0 Å². The van der Waals surface area contributed by atoms with Crippen molar-refractivity contribution in [3.63, 3.8) is 0 Å². The van der Waals surface area contributed by atoms with Gasteiger partial charge in [0.25, 0.3) is 0 Å². The van der Waals surface area contributed by atoms with E-state index in [4.69, 9.17) is 0 Å². The first kappa shape index (κ1) is 20.7. The lowest BCUT2D eigenvalue weighted by molar-refractivity contribution is 0.593. The fraction of sp³-hybridized carbons (Fsp3) is 0.545. The summed E-state index contributed by atoms with van der Waals surface area (Å²) in [6, 6.07) is 0. The first-order chi connectivity index (χ1) is 10.5. The molecule has 0 aromatic rings. The Morgan fingerprint density at radius 3 is 2.41 bits per heavy atom. The zero-order valence-electron chi connectivity index (χ0n) is 15.4. The van der Waals surface area contributed by atoms with Crippen LogP contribution >= 0.6 is 0 Å². The molecule has 0 saturated carbocycles. The molecule has 0 spiro atoms. The lowest BCUT2D eigenvalue weighted by Gasteiger charge is -2.02. The van der Waals surface area contributed by atoms with Crippen LogP contribution in [0.25, 0.3) is 0 Å². The quantitative estimate of drug-likeness (QED) is 0.275. The van der Waals surface area contributed by atoms with Gasteiger partial charge in [0.15, 0.2) is 0 Å². The third-order valence-electron chi connectivity index (χ3n) is 3.68. The monoisotopic (exact) mass is 300 g/mol. The van der Waals surface area contributed by atoms with Crippen LogP contribution < -0.4 is 0 Å². The molecule has 0 aliphatic carbocycles. The fourth-order valence-corrected chi connectivity index (χ4v) is 2.11. The Balaban J connectivity index is 4.12. The minimum Gasteiger partial charge on any atom is -0.103 e. The van der Waals surface area contributed by atoms with Crippen LogP contribution in [0.1, 0.15) is 66.7 Å². The van der Waals surface area contributed by atoms with Crippen molar-refractivity contribution in [2.24, 2.45) is 11.8 Å². The van der Waals surface area contributed by atoms with Crippen molar-refractivity contribution in [2.75, 3.05) is 0 Å². The van der Waals surface area contributed by atoms with Crippen LogP contribution in [0.2, 0.25) is 0 Å². The van der Waals surface area contributed by atoms with Crippen LogP contribution in [0.15, 0.2) is 60.3 Å². The minimum absolute atomic E-state index is 0.622. The van der Waals surface area contributed by atoms with E-state index in [1.807, 2.05) is 6.08 Å². The third-order valence-corrected chi connectivity index (χ3v) is 3.68. The average Bonchev–Trinajstić information content (AvgIpc) is 2.44. The maximum absolute atomic E-state index is 3.77. The number of rotatable bonds is 11. The van der Waals surface area contributed by atoms with E-state index in [-0.39, 0.29) is 0 Å². The first-order valence-corrected chi connectivity index (χ1v) is 8.73. The maximum atomic E-state index is 3.77. The van der Waals surface area contributed by atoms with E-state index in [0.717, 1.165) is 18.8 Å². The van der Waals surface area contributed by atoms with Gasteiger partial charge in [-0.1, -0.05) is 74.4 Å². The lowest BCUT2D eigenvalue weighted by Crippen LogP contribution is -1.86. The van der Waals surface area contributed by atoms with Crippen molar-refractivity contribution >= 4 is 0 Å². The molecule has 0 amide bonds. The number of allylic oxidation sites excluding steroid dienone is 9. The molecule has 0 aliphatic rings. The maximum Gasteiger partial charge on any atom is -0.0138 e. The number of hydrogen-bond acceptors (Lipinski definition) is 0. The van der Waals surface area contributed by atoms with Crippen LogP contribution in [0, 0.1) is 11.8 Å². The molecule has 0 aromatic carbocycles. The van der Waals surface area contributed by atoms with Gasteiger partial charge >= 0.3 is 0 Å². The normalized spacial score (nSPS) is 15.2. The largest absolute Gasteiger partial charge is 0.103 e. The molecule has 0 heterocycles. The molecule has 0 rings (SSSR count). The van der Waals surface area contributed by atoms with Gasteiger partial charge in [0, 0.05) is 0 Å².